The zero-order valence-electron chi connectivity index (χ0n) is 8.79. The van der Waals surface area contributed by atoms with Gasteiger partial charge in [-0.25, -0.2) is 0 Å². The number of rotatable bonds is 1. The van der Waals surface area contributed by atoms with E-state index in [9.17, 15) is 26.3 Å². The molecule has 0 fully saturated rings. The second-order valence-corrected chi connectivity index (χ2v) is 4.19. The van der Waals surface area contributed by atoms with E-state index in [0.717, 1.165) is 0 Å². The highest BCUT2D eigenvalue weighted by Gasteiger charge is 2.41. The van der Waals surface area contributed by atoms with Crippen molar-refractivity contribution < 1.29 is 26.3 Å². The van der Waals surface area contributed by atoms with E-state index in [1.807, 2.05) is 5.32 Å². The van der Waals surface area contributed by atoms with E-state index in [-0.39, 0.29) is 0 Å². The molecule has 10 heteroatoms. The first-order chi connectivity index (χ1) is 8.43. The molecule has 0 atom stereocenters. The molecule has 19 heavy (non-hydrogen) atoms. The molecule has 2 nitrogen and oxygen atoms in total. The van der Waals surface area contributed by atoms with Crippen LogP contribution in [0.1, 0.15) is 11.1 Å². The Hall–Kier alpha value is -1.22. The Morgan fingerprint density at radius 2 is 1.42 bits per heavy atom. The molecule has 0 spiro atoms. The zero-order chi connectivity index (χ0) is 15.0. The van der Waals surface area contributed by atoms with Gasteiger partial charge in [-0.15, -0.1) is 0 Å². The molecule has 0 aliphatic rings. The van der Waals surface area contributed by atoms with Crippen molar-refractivity contribution in [2.45, 2.75) is 12.4 Å². The van der Waals surface area contributed by atoms with Crippen LogP contribution in [0.2, 0.25) is 5.02 Å². The van der Waals surface area contributed by atoms with Crippen LogP contribution in [0.5, 0.6) is 0 Å². The summed E-state index contributed by atoms with van der Waals surface area (Å²) in [5, 5.41) is 0.116. The molecule has 0 aromatic heterocycles. The quantitative estimate of drug-likeness (QED) is 0.605. The first-order valence-corrected chi connectivity index (χ1v) is 5.26. The summed E-state index contributed by atoms with van der Waals surface area (Å²) in [6, 6.07) is 0.799. The molecule has 0 unspecified atom stereocenters. The van der Waals surface area contributed by atoms with Gasteiger partial charge in [-0.3, -0.25) is 0 Å². The van der Waals surface area contributed by atoms with Crippen molar-refractivity contribution in [1.82, 2.24) is 0 Å². The Kier molecular flexibility index (Phi) is 4.20. The van der Waals surface area contributed by atoms with Gasteiger partial charge in [0, 0.05) is 5.69 Å². The molecule has 0 saturated carbocycles. The van der Waals surface area contributed by atoms with Crippen LogP contribution in [0, 0.1) is 0 Å². The maximum Gasteiger partial charge on any atom is 0.417 e. The summed E-state index contributed by atoms with van der Waals surface area (Å²) in [6.07, 6.45) is -10.1. The summed E-state index contributed by atoms with van der Waals surface area (Å²) >= 11 is 9.51. The van der Waals surface area contributed by atoms with Gasteiger partial charge in [-0.1, -0.05) is 11.6 Å². The molecule has 0 aliphatic heterocycles. The summed E-state index contributed by atoms with van der Waals surface area (Å²) in [4.78, 5) is 0. The van der Waals surface area contributed by atoms with Gasteiger partial charge in [0.15, 0.2) is 5.11 Å². The minimum Gasteiger partial charge on any atom is -0.376 e. The molecule has 1 aromatic rings. The van der Waals surface area contributed by atoms with Crippen molar-refractivity contribution in [2.24, 2.45) is 5.73 Å². The molecular formula is C9H5ClF6N2S. The summed E-state index contributed by atoms with van der Waals surface area (Å²) < 4.78 is 75.5. The van der Waals surface area contributed by atoms with Crippen LogP contribution in [-0.4, -0.2) is 5.11 Å². The van der Waals surface area contributed by atoms with Crippen LogP contribution >= 0.6 is 23.8 Å². The fraction of sp³-hybridized carbons (Fsp3) is 0.222. The summed E-state index contributed by atoms with van der Waals surface area (Å²) in [6.45, 7) is 0. The molecule has 106 valence electrons. The summed E-state index contributed by atoms with van der Waals surface area (Å²) in [7, 11) is 0. The van der Waals surface area contributed by atoms with Crippen LogP contribution in [0.15, 0.2) is 12.1 Å². The Bertz CT molecular complexity index is 475. The minimum atomic E-state index is -5.04. The van der Waals surface area contributed by atoms with E-state index >= 15 is 0 Å². The molecule has 0 amide bonds. The third kappa shape index (κ3) is 3.87. The fourth-order valence-electron chi connectivity index (χ4n) is 1.25. The number of benzene rings is 1. The van der Waals surface area contributed by atoms with Gasteiger partial charge in [0.1, 0.15) is 0 Å². The van der Waals surface area contributed by atoms with E-state index in [1.165, 1.54) is 0 Å². The van der Waals surface area contributed by atoms with E-state index in [1.54, 1.807) is 0 Å². The number of alkyl halides is 6. The highest BCUT2D eigenvalue weighted by molar-refractivity contribution is 7.80. The predicted octanol–water partition coefficient (Wildman–Crippen LogP) is 4.03. The number of nitrogens with one attached hydrogen (secondary N) is 1. The van der Waals surface area contributed by atoms with Gasteiger partial charge >= 0.3 is 12.4 Å². The van der Waals surface area contributed by atoms with Gasteiger partial charge in [-0.05, 0) is 24.4 Å². The number of thiocarbonyl (C=S) groups is 1. The molecule has 3 N–H and O–H groups in total. The standard InChI is InChI=1S/C9H5ClF6N2S/c10-6-4(8(11,12)13)1-3(18-7(17)19)2-5(6)9(14,15)16/h1-2H,(H3,17,18,19). The number of anilines is 1. The van der Waals surface area contributed by atoms with Crippen molar-refractivity contribution in [3.63, 3.8) is 0 Å². The lowest BCUT2D eigenvalue weighted by Gasteiger charge is -2.17. The van der Waals surface area contributed by atoms with Crippen molar-refractivity contribution in [2.75, 3.05) is 5.32 Å². The molecule has 0 heterocycles. The molecule has 1 rings (SSSR count). The first kappa shape index (κ1) is 15.8. The predicted molar refractivity (Wildman–Crippen MR) is 61.9 cm³/mol. The van der Waals surface area contributed by atoms with Crippen molar-refractivity contribution in [3.8, 4) is 0 Å². The minimum absolute atomic E-state index is 0.400. The third-order valence-corrected chi connectivity index (χ3v) is 2.46. The maximum absolute atomic E-state index is 12.6. The van der Waals surface area contributed by atoms with Crippen LogP contribution in [-0.2, 0) is 12.4 Å². The van der Waals surface area contributed by atoms with Gasteiger partial charge in [0.05, 0.1) is 16.1 Å². The van der Waals surface area contributed by atoms with Crippen molar-refractivity contribution in [3.05, 3.63) is 28.3 Å². The zero-order valence-corrected chi connectivity index (χ0v) is 10.4. The maximum atomic E-state index is 12.6. The van der Waals surface area contributed by atoms with E-state index in [2.05, 4.69) is 12.2 Å². The number of hydrogen-bond donors (Lipinski definition) is 2. The van der Waals surface area contributed by atoms with Gasteiger partial charge < -0.3 is 11.1 Å². The Morgan fingerprint density at radius 1 is 1.05 bits per heavy atom. The molecule has 1 aromatic carbocycles. The lowest BCUT2D eigenvalue weighted by atomic mass is 10.1. The molecule has 0 aliphatic carbocycles. The van der Waals surface area contributed by atoms with E-state index in [0.29, 0.717) is 12.1 Å². The lowest BCUT2D eigenvalue weighted by Crippen LogP contribution is -2.20. The highest BCUT2D eigenvalue weighted by Crippen LogP contribution is 2.43. The molecule has 0 bridgehead atoms. The second-order valence-electron chi connectivity index (χ2n) is 3.37. The Labute approximate surface area is 113 Å². The monoisotopic (exact) mass is 322 g/mol. The third-order valence-electron chi connectivity index (χ3n) is 1.95. The van der Waals surface area contributed by atoms with Crippen LogP contribution in [0.3, 0.4) is 0 Å². The Morgan fingerprint density at radius 3 is 1.68 bits per heavy atom. The van der Waals surface area contributed by atoms with Crippen LogP contribution in [0.25, 0.3) is 0 Å². The number of halogens is 7. The van der Waals surface area contributed by atoms with Crippen LogP contribution < -0.4 is 11.1 Å². The lowest BCUT2D eigenvalue weighted by molar-refractivity contribution is -0.142. The SMILES string of the molecule is NC(=S)Nc1cc(C(F)(F)F)c(Cl)c(C(F)(F)F)c1. The highest BCUT2D eigenvalue weighted by atomic mass is 35.5. The van der Waals surface area contributed by atoms with Gasteiger partial charge in [0.2, 0.25) is 0 Å². The van der Waals surface area contributed by atoms with E-state index < -0.39 is 39.3 Å². The van der Waals surface area contributed by atoms with E-state index in [4.69, 9.17) is 17.3 Å². The topological polar surface area (TPSA) is 38.0 Å². The summed E-state index contributed by atoms with van der Waals surface area (Å²) in [5.74, 6) is 0. The molecule has 0 saturated heterocycles. The van der Waals surface area contributed by atoms with Crippen molar-refractivity contribution in [1.29, 1.82) is 0 Å². The summed E-state index contributed by atoms with van der Waals surface area (Å²) in [5.41, 5.74) is 1.22. The number of nitrogens with two attached hydrogens (primary N) is 1. The second kappa shape index (κ2) is 5.04. The van der Waals surface area contributed by atoms with Crippen molar-refractivity contribution >= 4 is 34.6 Å². The Balaban J connectivity index is 3.52. The smallest absolute Gasteiger partial charge is 0.376 e. The normalized spacial score (nSPS) is 12.4. The van der Waals surface area contributed by atoms with Crippen LogP contribution in [0.4, 0.5) is 32.0 Å². The first-order valence-electron chi connectivity index (χ1n) is 4.47. The molecule has 0 radical (unpaired) electrons. The van der Waals surface area contributed by atoms with Gasteiger partial charge in [0.25, 0.3) is 0 Å². The fourth-order valence-corrected chi connectivity index (χ4v) is 1.69. The average molecular weight is 323 g/mol. The molecular weight excluding hydrogens is 318 g/mol. The largest absolute Gasteiger partial charge is 0.417 e. The number of hydrogen-bond acceptors (Lipinski definition) is 1. The van der Waals surface area contributed by atoms with Gasteiger partial charge in [-0.2, -0.15) is 26.3 Å². The average Bonchev–Trinajstić information content (AvgIpc) is 2.16.